The van der Waals surface area contributed by atoms with Crippen LogP contribution in [0.15, 0.2) is 162 Å². The SMILES string of the molecule is [2H]c1c([2H])c([2H])c(-c2cc3oc4ccccc4c3cc2-c2c3ccccc3c(-c3cccc4ccccc34)c3ccccc23)c([2H])c1[2H]. The van der Waals surface area contributed by atoms with Crippen LogP contribution in [-0.2, 0) is 0 Å². The number of benzene rings is 8. The smallest absolute Gasteiger partial charge is 0.136 e. The average molecular weight is 552 g/mol. The molecule has 0 aliphatic carbocycles. The van der Waals surface area contributed by atoms with Crippen LogP contribution in [0.3, 0.4) is 0 Å². The largest absolute Gasteiger partial charge is 0.456 e. The predicted octanol–water partition coefficient (Wildman–Crippen LogP) is 12.0. The molecule has 9 rings (SSSR count). The zero-order valence-corrected chi connectivity index (χ0v) is 23.0. The van der Waals surface area contributed by atoms with Gasteiger partial charge in [0.25, 0.3) is 0 Å². The van der Waals surface area contributed by atoms with E-state index in [4.69, 9.17) is 11.3 Å². The van der Waals surface area contributed by atoms with Gasteiger partial charge in [-0.25, -0.2) is 0 Å². The topological polar surface area (TPSA) is 13.1 Å². The molecule has 0 N–H and O–H groups in total. The maximum Gasteiger partial charge on any atom is 0.136 e. The second-order valence-electron chi connectivity index (χ2n) is 10.9. The Balaban J connectivity index is 1.49. The van der Waals surface area contributed by atoms with Crippen LogP contribution in [0.25, 0.3) is 87.6 Å². The molecule has 1 nitrogen and oxygen atoms in total. The van der Waals surface area contributed by atoms with Crippen molar-refractivity contribution in [3.63, 3.8) is 0 Å². The summed E-state index contributed by atoms with van der Waals surface area (Å²) in [5.74, 6) is 0. The predicted molar refractivity (Wildman–Crippen MR) is 183 cm³/mol. The molecule has 1 aromatic heterocycles. The van der Waals surface area contributed by atoms with Crippen LogP contribution in [0, 0.1) is 0 Å². The molecule has 1 heterocycles. The molecule has 200 valence electrons. The van der Waals surface area contributed by atoms with Gasteiger partial charge in [-0.3, -0.25) is 0 Å². The molecule has 0 saturated heterocycles. The minimum Gasteiger partial charge on any atom is -0.456 e. The lowest BCUT2D eigenvalue weighted by atomic mass is 9.82. The van der Waals surface area contributed by atoms with Crippen molar-refractivity contribution in [1.29, 1.82) is 0 Å². The first kappa shape index (κ1) is 19.5. The molecule has 0 radical (unpaired) electrons. The number of para-hydroxylation sites is 1. The highest BCUT2D eigenvalue weighted by atomic mass is 16.3. The van der Waals surface area contributed by atoms with Gasteiger partial charge in [-0.15, -0.1) is 0 Å². The minimum atomic E-state index is -0.421. The van der Waals surface area contributed by atoms with Crippen LogP contribution < -0.4 is 0 Å². The maximum atomic E-state index is 8.99. The fourth-order valence-corrected chi connectivity index (χ4v) is 6.72. The zero-order chi connectivity index (χ0) is 32.7. The van der Waals surface area contributed by atoms with Crippen molar-refractivity contribution in [2.75, 3.05) is 0 Å². The first-order valence-electron chi connectivity index (χ1n) is 16.9. The van der Waals surface area contributed by atoms with Gasteiger partial charge in [0.1, 0.15) is 11.2 Å². The van der Waals surface area contributed by atoms with Crippen molar-refractivity contribution >= 4 is 54.3 Å². The second kappa shape index (κ2) is 9.44. The molecular weight excluding hydrogens is 520 g/mol. The van der Waals surface area contributed by atoms with Crippen molar-refractivity contribution in [3.05, 3.63) is 158 Å². The Morgan fingerprint density at radius 2 is 0.953 bits per heavy atom. The Hall–Kier alpha value is -5.66. The van der Waals surface area contributed by atoms with Gasteiger partial charge in [-0.05, 0) is 83.9 Å². The van der Waals surface area contributed by atoms with E-state index in [9.17, 15) is 0 Å². The van der Waals surface area contributed by atoms with Crippen LogP contribution in [0.1, 0.15) is 6.85 Å². The van der Waals surface area contributed by atoms with Crippen LogP contribution in [0.4, 0.5) is 0 Å². The molecule has 9 aromatic rings. The summed E-state index contributed by atoms with van der Waals surface area (Å²) in [7, 11) is 0. The van der Waals surface area contributed by atoms with E-state index in [2.05, 4.69) is 84.9 Å². The number of hydrogen-bond acceptors (Lipinski definition) is 1. The van der Waals surface area contributed by atoms with E-state index < -0.39 is 6.04 Å². The third kappa shape index (κ3) is 3.65. The van der Waals surface area contributed by atoms with E-state index in [-0.39, 0.29) is 29.7 Å². The first-order chi connectivity index (χ1) is 23.4. The average Bonchev–Trinajstić information content (AvgIpc) is 3.49. The number of rotatable bonds is 3. The van der Waals surface area contributed by atoms with Gasteiger partial charge in [0.2, 0.25) is 0 Å². The van der Waals surface area contributed by atoms with Crippen molar-refractivity contribution < 1.29 is 11.3 Å². The molecule has 0 bridgehead atoms. The molecule has 0 saturated carbocycles. The highest BCUT2D eigenvalue weighted by molar-refractivity contribution is 6.25. The quantitative estimate of drug-likeness (QED) is 0.199. The summed E-state index contributed by atoms with van der Waals surface area (Å²) in [6.45, 7) is 0. The maximum absolute atomic E-state index is 8.99. The van der Waals surface area contributed by atoms with Crippen molar-refractivity contribution in [3.8, 4) is 33.4 Å². The Bertz CT molecular complexity index is 2700. The zero-order valence-electron chi connectivity index (χ0n) is 28.0. The molecule has 43 heavy (non-hydrogen) atoms. The van der Waals surface area contributed by atoms with Gasteiger partial charge in [0.05, 0.1) is 6.85 Å². The highest BCUT2D eigenvalue weighted by Crippen LogP contribution is 2.48. The molecule has 0 atom stereocenters. The molecular formula is C42H26O. The summed E-state index contributed by atoms with van der Waals surface area (Å²) >= 11 is 0. The first-order valence-corrected chi connectivity index (χ1v) is 14.4. The molecule has 0 amide bonds. The van der Waals surface area contributed by atoms with Crippen molar-refractivity contribution in [1.82, 2.24) is 0 Å². The normalized spacial score (nSPS) is 13.3. The minimum absolute atomic E-state index is 0.143. The lowest BCUT2D eigenvalue weighted by molar-refractivity contribution is 0.669. The third-order valence-corrected chi connectivity index (χ3v) is 8.55. The van der Waals surface area contributed by atoms with Crippen LogP contribution in [0.2, 0.25) is 0 Å². The Kier molecular flexibility index (Phi) is 4.27. The summed E-state index contributed by atoms with van der Waals surface area (Å²) in [6.07, 6.45) is 0. The molecule has 0 fully saturated rings. The number of fused-ring (bicyclic) bond motifs is 6. The fraction of sp³-hybridized carbons (Fsp3) is 0. The highest BCUT2D eigenvalue weighted by Gasteiger charge is 2.21. The fourth-order valence-electron chi connectivity index (χ4n) is 6.72. The summed E-state index contributed by atoms with van der Waals surface area (Å²) in [6, 6.07) is 41.6. The van der Waals surface area contributed by atoms with Crippen LogP contribution >= 0.6 is 0 Å². The Morgan fingerprint density at radius 3 is 1.65 bits per heavy atom. The lowest BCUT2D eigenvalue weighted by Gasteiger charge is -2.20. The number of hydrogen-bond donors (Lipinski definition) is 0. The van der Waals surface area contributed by atoms with E-state index in [0.29, 0.717) is 11.1 Å². The molecule has 8 aromatic carbocycles. The Morgan fingerprint density at radius 1 is 0.395 bits per heavy atom. The molecule has 0 unspecified atom stereocenters. The van der Waals surface area contributed by atoms with Gasteiger partial charge in [-0.1, -0.05) is 139 Å². The molecule has 0 spiro atoms. The van der Waals surface area contributed by atoms with E-state index in [0.717, 1.165) is 70.9 Å². The van der Waals surface area contributed by atoms with Gasteiger partial charge < -0.3 is 4.42 Å². The third-order valence-electron chi connectivity index (χ3n) is 8.55. The van der Waals surface area contributed by atoms with Crippen molar-refractivity contribution in [2.24, 2.45) is 0 Å². The van der Waals surface area contributed by atoms with Crippen LogP contribution in [0.5, 0.6) is 0 Å². The summed E-state index contributed by atoms with van der Waals surface area (Å²) in [5.41, 5.74) is 5.93. The second-order valence-corrected chi connectivity index (χ2v) is 10.9. The Labute approximate surface area is 256 Å². The summed E-state index contributed by atoms with van der Waals surface area (Å²) in [5, 5.41) is 8.28. The molecule has 1 heteroatoms. The van der Waals surface area contributed by atoms with Gasteiger partial charge in [0.15, 0.2) is 0 Å². The standard InChI is InChI=1S/C42H26O/c1-2-13-28(14-3-1)36-26-40-37(30-18-10-11-24-39(30)43-40)25-38(36)42-34-21-8-6-19-32(34)41(33-20-7-9-22-35(33)42)31-23-12-16-27-15-4-5-17-29(27)31/h1-26H/i1D,2D,3D,13D,14D. The molecule has 0 aliphatic rings. The monoisotopic (exact) mass is 551 g/mol. The van der Waals surface area contributed by atoms with Crippen LogP contribution in [-0.4, -0.2) is 0 Å². The molecule has 0 aliphatic heterocycles. The van der Waals surface area contributed by atoms with E-state index in [1.165, 1.54) is 0 Å². The van der Waals surface area contributed by atoms with Gasteiger partial charge in [0, 0.05) is 10.8 Å². The van der Waals surface area contributed by atoms with E-state index >= 15 is 0 Å². The van der Waals surface area contributed by atoms with E-state index in [1.807, 2.05) is 42.5 Å². The summed E-state index contributed by atoms with van der Waals surface area (Å²) < 4.78 is 49.6. The number of furan rings is 1. The van der Waals surface area contributed by atoms with E-state index in [1.54, 1.807) is 0 Å². The van der Waals surface area contributed by atoms with Gasteiger partial charge in [-0.2, -0.15) is 0 Å². The lowest BCUT2D eigenvalue weighted by Crippen LogP contribution is -1.93. The summed E-state index contributed by atoms with van der Waals surface area (Å²) in [4.78, 5) is 0. The van der Waals surface area contributed by atoms with Crippen molar-refractivity contribution in [2.45, 2.75) is 0 Å². The van der Waals surface area contributed by atoms with Gasteiger partial charge >= 0.3 is 0 Å².